The molecule has 3 aromatic carbocycles. The molecule has 2 heterocycles. The monoisotopic (exact) mass is 556 g/mol. The predicted molar refractivity (Wildman–Crippen MR) is 143 cm³/mol. The maximum Gasteiger partial charge on any atom is 0.134 e. The van der Waals surface area contributed by atoms with Gasteiger partial charge in [0.15, 0.2) is 0 Å². The third-order valence-corrected chi connectivity index (χ3v) is 6.70. The molecule has 0 saturated carbocycles. The molecular formula is C27H17IN4S. The first kappa shape index (κ1) is 21.3. The number of rotatable bonds is 5. The van der Waals surface area contributed by atoms with Crippen LogP contribution in [0.2, 0.25) is 0 Å². The fraction of sp³-hybridized carbons (Fsp3) is 0. The second-order valence-corrected chi connectivity index (χ2v) is 9.40. The van der Waals surface area contributed by atoms with Crippen molar-refractivity contribution in [3.05, 3.63) is 111 Å². The van der Waals surface area contributed by atoms with E-state index in [9.17, 15) is 5.26 Å². The lowest BCUT2D eigenvalue weighted by atomic mass is 10.1. The smallest absolute Gasteiger partial charge is 0.134 e. The normalized spacial score (nSPS) is 11.3. The van der Waals surface area contributed by atoms with Crippen LogP contribution in [0.15, 0.2) is 96.5 Å². The number of hydrogen-bond acceptors (Lipinski definition) is 4. The number of allylic oxidation sites excluding steroid dienone is 1. The van der Waals surface area contributed by atoms with Crippen LogP contribution < -0.4 is 0 Å². The van der Waals surface area contributed by atoms with Crippen molar-refractivity contribution in [3.8, 4) is 34.3 Å². The molecule has 0 N–H and O–H groups in total. The highest BCUT2D eigenvalue weighted by atomic mass is 127. The Bertz CT molecular complexity index is 1460. The summed E-state index contributed by atoms with van der Waals surface area (Å²) >= 11 is 3.76. The van der Waals surface area contributed by atoms with Crippen molar-refractivity contribution in [3.63, 3.8) is 0 Å². The average Bonchev–Trinajstić information content (AvgIpc) is 3.52. The Labute approximate surface area is 209 Å². The largest absolute Gasteiger partial charge is 0.240 e. The van der Waals surface area contributed by atoms with E-state index in [4.69, 9.17) is 10.1 Å². The van der Waals surface area contributed by atoms with E-state index >= 15 is 0 Å². The van der Waals surface area contributed by atoms with Gasteiger partial charge in [-0.15, -0.1) is 11.3 Å². The molecule has 0 atom stereocenters. The van der Waals surface area contributed by atoms with Crippen molar-refractivity contribution in [1.29, 1.82) is 5.26 Å². The van der Waals surface area contributed by atoms with Crippen LogP contribution >= 0.6 is 33.9 Å². The number of thiazole rings is 1. The molecule has 5 aromatic rings. The molecule has 5 rings (SSSR count). The van der Waals surface area contributed by atoms with E-state index < -0.39 is 0 Å². The summed E-state index contributed by atoms with van der Waals surface area (Å²) in [6.07, 6.45) is 3.84. The van der Waals surface area contributed by atoms with Crippen LogP contribution in [-0.2, 0) is 0 Å². The van der Waals surface area contributed by atoms with Crippen molar-refractivity contribution < 1.29 is 0 Å². The van der Waals surface area contributed by atoms with Crippen LogP contribution in [0.3, 0.4) is 0 Å². The number of nitriles is 1. The van der Waals surface area contributed by atoms with E-state index in [1.54, 1.807) is 0 Å². The van der Waals surface area contributed by atoms with Gasteiger partial charge in [0.2, 0.25) is 0 Å². The van der Waals surface area contributed by atoms with Crippen LogP contribution in [0.25, 0.3) is 39.9 Å². The molecule has 0 fully saturated rings. The maximum atomic E-state index is 9.96. The molecule has 0 amide bonds. The van der Waals surface area contributed by atoms with Gasteiger partial charge in [-0.05, 0) is 52.9 Å². The van der Waals surface area contributed by atoms with Crippen molar-refractivity contribution >= 4 is 45.6 Å². The first-order chi connectivity index (χ1) is 16.2. The Morgan fingerprint density at radius 3 is 2.30 bits per heavy atom. The van der Waals surface area contributed by atoms with E-state index in [2.05, 4.69) is 40.8 Å². The minimum atomic E-state index is 0.515. The van der Waals surface area contributed by atoms with E-state index in [0.717, 1.165) is 33.8 Å². The van der Waals surface area contributed by atoms with E-state index in [1.165, 1.54) is 14.9 Å². The summed E-state index contributed by atoms with van der Waals surface area (Å²) in [5.41, 5.74) is 6.07. The van der Waals surface area contributed by atoms with Crippen LogP contribution in [0.5, 0.6) is 0 Å². The van der Waals surface area contributed by atoms with Gasteiger partial charge < -0.3 is 0 Å². The SMILES string of the molecule is N#CC(=Cc1cn(-c2ccccc2)nc1-c1ccccc1)c1nc(-c2ccc(I)cc2)cs1. The first-order valence-corrected chi connectivity index (χ1v) is 12.2. The van der Waals surface area contributed by atoms with Crippen LogP contribution in [0, 0.1) is 14.9 Å². The van der Waals surface area contributed by atoms with Crippen molar-refractivity contribution in [2.24, 2.45) is 0 Å². The lowest BCUT2D eigenvalue weighted by Crippen LogP contribution is -1.93. The Morgan fingerprint density at radius 2 is 1.61 bits per heavy atom. The molecule has 6 heteroatoms. The van der Waals surface area contributed by atoms with Gasteiger partial charge in [-0.1, -0.05) is 60.7 Å². The Kier molecular flexibility index (Phi) is 6.15. The fourth-order valence-corrected chi connectivity index (χ4v) is 4.63. The van der Waals surface area contributed by atoms with Crippen molar-refractivity contribution in [2.45, 2.75) is 0 Å². The summed E-state index contributed by atoms with van der Waals surface area (Å²) in [5, 5.41) is 17.5. The summed E-state index contributed by atoms with van der Waals surface area (Å²) in [5.74, 6) is 0. The number of para-hydroxylation sites is 1. The number of halogens is 1. The fourth-order valence-electron chi connectivity index (χ4n) is 3.47. The molecule has 158 valence electrons. The summed E-state index contributed by atoms with van der Waals surface area (Å²) in [4.78, 5) is 4.74. The Balaban J connectivity index is 1.58. The minimum Gasteiger partial charge on any atom is -0.240 e. The molecule has 0 aliphatic rings. The van der Waals surface area contributed by atoms with Gasteiger partial charge in [-0.3, -0.25) is 0 Å². The maximum absolute atomic E-state index is 9.96. The van der Waals surface area contributed by atoms with Crippen molar-refractivity contribution in [1.82, 2.24) is 14.8 Å². The Morgan fingerprint density at radius 1 is 0.909 bits per heavy atom. The zero-order valence-electron chi connectivity index (χ0n) is 17.4. The van der Waals surface area contributed by atoms with Crippen molar-refractivity contribution in [2.75, 3.05) is 0 Å². The molecule has 0 spiro atoms. The lowest BCUT2D eigenvalue weighted by Gasteiger charge is -2.00. The van der Waals surface area contributed by atoms with Gasteiger partial charge in [0.25, 0.3) is 0 Å². The number of aromatic nitrogens is 3. The molecule has 0 saturated heterocycles. The van der Waals surface area contributed by atoms with E-state index in [0.29, 0.717) is 10.6 Å². The summed E-state index contributed by atoms with van der Waals surface area (Å²) in [6.45, 7) is 0. The molecular weight excluding hydrogens is 539 g/mol. The van der Waals surface area contributed by atoms with Gasteiger partial charge >= 0.3 is 0 Å². The molecule has 0 aliphatic heterocycles. The third kappa shape index (κ3) is 4.65. The minimum absolute atomic E-state index is 0.515. The standard InChI is InChI=1S/C27H17IN4S/c28-23-13-11-19(12-14-23)25-18-33-27(30-25)21(16-29)15-22-17-32(24-9-5-2-6-10-24)31-26(22)20-7-3-1-4-8-20/h1-15,17-18H. The van der Waals surface area contributed by atoms with Gasteiger partial charge in [-0.25, -0.2) is 9.67 Å². The second-order valence-electron chi connectivity index (χ2n) is 7.29. The third-order valence-electron chi connectivity index (χ3n) is 5.11. The molecule has 0 aliphatic carbocycles. The van der Waals surface area contributed by atoms with Gasteiger partial charge in [-0.2, -0.15) is 10.4 Å². The van der Waals surface area contributed by atoms with Gasteiger partial charge in [0.1, 0.15) is 11.1 Å². The predicted octanol–water partition coefficient (Wildman–Crippen LogP) is 7.33. The molecule has 4 nitrogen and oxygen atoms in total. The van der Waals surface area contributed by atoms with Gasteiger partial charge in [0.05, 0.1) is 22.6 Å². The average molecular weight is 556 g/mol. The van der Waals surface area contributed by atoms with Crippen LogP contribution in [-0.4, -0.2) is 14.8 Å². The molecule has 33 heavy (non-hydrogen) atoms. The lowest BCUT2D eigenvalue weighted by molar-refractivity contribution is 0.884. The molecule has 0 unspecified atom stereocenters. The van der Waals surface area contributed by atoms with Gasteiger partial charge in [0, 0.05) is 31.8 Å². The summed E-state index contributed by atoms with van der Waals surface area (Å²) in [7, 11) is 0. The Hall–Kier alpha value is -3.54. The number of benzene rings is 3. The summed E-state index contributed by atoms with van der Waals surface area (Å²) in [6, 6.07) is 30.5. The molecule has 0 bridgehead atoms. The highest BCUT2D eigenvalue weighted by Gasteiger charge is 2.14. The highest BCUT2D eigenvalue weighted by Crippen LogP contribution is 2.30. The summed E-state index contributed by atoms with van der Waals surface area (Å²) < 4.78 is 3.02. The van der Waals surface area contributed by atoms with Crippen LogP contribution in [0.1, 0.15) is 10.6 Å². The molecule has 0 radical (unpaired) electrons. The first-order valence-electron chi connectivity index (χ1n) is 10.3. The zero-order valence-corrected chi connectivity index (χ0v) is 20.4. The van der Waals surface area contributed by atoms with E-state index in [1.807, 2.05) is 95.1 Å². The zero-order chi connectivity index (χ0) is 22.6. The number of hydrogen-bond donors (Lipinski definition) is 0. The van der Waals surface area contributed by atoms with E-state index in [-0.39, 0.29) is 0 Å². The van der Waals surface area contributed by atoms with Crippen LogP contribution in [0.4, 0.5) is 0 Å². The number of nitrogens with zero attached hydrogens (tertiary/aromatic N) is 4. The quantitative estimate of drug-likeness (QED) is 0.168. The molecule has 2 aromatic heterocycles. The highest BCUT2D eigenvalue weighted by molar-refractivity contribution is 14.1. The topological polar surface area (TPSA) is 54.5 Å². The second kappa shape index (κ2) is 9.53.